The van der Waals surface area contributed by atoms with Crippen LogP contribution in [0.1, 0.15) is 46.8 Å². The predicted molar refractivity (Wildman–Crippen MR) is 139 cm³/mol. The monoisotopic (exact) mass is 548 g/mol. The minimum absolute atomic E-state index is 0.0481. The van der Waals surface area contributed by atoms with E-state index in [-0.39, 0.29) is 18.7 Å². The summed E-state index contributed by atoms with van der Waals surface area (Å²) in [5.74, 6) is 0.125. The van der Waals surface area contributed by atoms with Gasteiger partial charge in [0.1, 0.15) is 18.0 Å². The molecule has 1 saturated heterocycles. The molecule has 4 atom stereocenters. The molecular weight excluding hydrogens is 515 g/mol. The van der Waals surface area contributed by atoms with Crippen molar-refractivity contribution in [2.24, 2.45) is 0 Å². The largest absolute Gasteiger partial charge is 0.476 e. The maximum absolute atomic E-state index is 13.7. The zero-order valence-corrected chi connectivity index (χ0v) is 22.7. The van der Waals surface area contributed by atoms with Crippen molar-refractivity contribution in [2.45, 2.75) is 65.0 Å². The number of nitrogens with zero attached hydrogens (tertiary/aromatic N) is 4. The standard InChI is InChI=1S/C24H33N6O7P/c1-5-33-22-20-21(27-24(25)28-22)30(14-26-20)19-12-11-18(36-19)13-34-38(32,37-17-9-7-6-8-10-17)29-16(4)23(31)35-15(2)3/h6-10,14-16,18-19H,5,11-13H2,1-4H3,(H,29,32)(H2,25,27,28)/t16-,18+,19-,38?/m1/s1. The van der Waals surface area contributed by atoms with E-state index in [0.717, 1.165) is 0 Å². The Morgan fingerprint density at radius 1 is 1.24 bits per heavy atom. The molecule has 1 fully saturated rings. The highest BCUT2D eigenvalue weighted by atomic mass is 31.2. The van der Waals surface area contributed by atoms with Gasteiger partial charge in [0, 0.05) is 0 Å². The third-order valence-corrected chi connectivity index (χ3v) is 7.18. The van der Waals surface area contributed by atoms with Crippen LogP contribution in [0.2, 0.25) is 0 Å². The van der Waals surface area contributed by atoms with Gasteiger partial charge in [0.25, 0.3) is 0 Å². The average Bonchev–Trinajstić information content (AvgIpc) is 3.50. The van der Waals surface area contributed by atoms with E-state index >= 15 is 0 Å². The second-order valence-corrected chi connectivity index (χ2v) is 10.7. The molecule has 1 unspecified atom stereocenters. The fourth-order valence-electron chi connectivity index (χ4n) is 3.88. The smallest absolute Gasteiger partial charge is 0.459 e. The predicted octanol–water partition coefficient (Wildman–Crippen LogP) is 3.62. The first-order chi connectivity index (χ1) is 18.2. The molecule has 0 saturated carbocycles. The molecule has 0 amide bonds. The zero-order chi connectivity index (χ0) is 27.3. The molecule has 14 heteroatoms. The molecule has 206 valence electrons. The third kappa shape index (κ3) is 6.79. The molecular formula is C24H33N6O7P. The first-order valence-electron chi connectivity index (χ1n) is 12.4. The summed E-state index contributed by atoms with van der Waals surface area (Å²) in [6.07, 6.45) is 1.70. The van der Waals surface area contributed by atoms with E-state index in [1.165, 1.54) is 6.92 Å². The molecule has 1 aliphatic heterocycles. The summed E-state index contributed by atoms with van der Waals surface area (Å²) in [5.41, 5.74) is 6.84. The van der Waals surface area contributed by atoms with Gasteiger partial charge in [0.2, 0.25) is 11.8 Å². The van der Waals surface area contributed by atoms with Gasteiger partial charge in [-0.2, -0.15) is 15.1 Å². The first kappa shape index (κ1) is 27.8. The number of hydrogen-bond donors (Lipinski definition) is 2. The molecule has 0 radical (unpaired) electrons. The van der Waals surface area contributed by atoms with Crippen LogP contribution in [-0.2, 0) is 23.4 Å². The summed E-state index contributed by atoms with van der Waals surface area (Å²) < 4.78 is 43.8. The van der Waals surface area contributed by atoms with Crippen LogP contribution in [0.25, 0.3) is 11.2 Å². The van der Waals surface area contributed by atoms with Gasteiger partial charge in [-0.3, -0.25) is 13.9 Å². The van der Waals surface area contributed by atoms with Crippen molar-refractivity contribution in [3.8, 4) is 11.6 Å². The summed E-state index contributed by atoms with van der Waals surface area (Å²) in [4.78, 5) is 25.1. The third-order valence-electron chi connectivity index (χ3n) is 5.54. The highest BCUT2D eigenvalue weighted by molar-refractivity contribution is 7.52. The highest BCUT2D eigenvalue weighted by Crippen LogP contribution is 2.46. The van der Waals surface area contributed by atoms with Crippen LogP contribution in [-0.4, -0.2) is 57.0 Å². The Kier molecular flexibility index (Phi) is 8.83. The lowest BCUT2D eigenvalue weighted by molar-refractivity contribution is -0.149. The summed E-state index contributed by atoms with van der Waals surface area (Å²) in [5, 5.41) is 2.68. The zero-order valence-electron chi connectivity index (χ0n) is 21.8. The maximum Gasteiger partial charge on any atom is 0.459 e. The molecule has 1 aliphatic rings. The number of nitrogens with two attached hydrogens (primary N) is 1. The number of para-hydroxylation sites is 1. The van der Waals surface area contributed by atoms with Crippen LogP contribution in [0.15, 0.2) is 36.7 Å². The van der Waals surface area contributed by atoms with Crippen LogP contribution in [0.4, 0.5) is 5.95 Å². The Morgan fingerprint density at radius 3 is 2.71 bits per heavy atom. The number of aromatic nitrogens is 4. The summed E-state index contributed by atoms with van der Waals surface area (Å²) in [6.45, 7) is 7.20. The molecule has 3 heterocycles. The number of fused-ring (bicyclic) bond motifs is 1. The number of nitrogen functional groups attached to an aromatic ring is 1. The van der Waals surface area contributed by atoms with Crippen LogP contribution in [0, 0.1) is 0 Å². The highest BCUT2D eigenvalue weighted by Gasteiger charge is 2.36. The number of hydrogen-bond acceptors (Lipinski definition) is 11. The lowest BCUT2D eigenvalue weighted by Gasteiger charge is -2.24. The number of nitrogens with one attached hydrogen (secondary N) is 1. The van der Waals surface area contributed by atoms with E-state index < -0.39 is 32.1 Å². The topological polar surface area (TPSA) is 162 Å². The van der Waals surface area contributed by atoms with Gasteiger partial charge in [-0.15, -0.1) is 0 Å². The van der Waals surface area contributed by atoms with E-state index in [9.17, 15) is 9.36 Å². The number of carbonyl (C=O) groups is 1. The van der Waals surface area contributed by atoms with Gasteiger partial charge in [0.05, 0.1) is 31.7 Å². The number of rotatable bonds is 12. The van der Waals surface area contributed by atoms with Crippen LogP contribution >= 0.6 is 7.75 Å². The number of ether oxygens (including phenoxy) is 3. The summed E-state index contributed by atoms with van der Waals surface area (Å²) in [7, 11) is -3.99. The summed E-state index contributed by atoms with van der Waals surface area (Å²) in [6, 6.07) is 7.63. The second-order valence-electron chi connectivity index (χ2n) is 8.97. The minimum atomic E-state index is -3.99. The van der Waals surface area contributed by atoms with Gasteiger partial charge < -0.3 is 24.5 Å². The molecule has 2 aromatic heterocycles. The molecule has 0 aliphatic carbocycles. The molecule has 3 aromatic rings. The van der Waals surface area contributed by atoms with Crippen LogP contribution < -0.4 is 20.1 Å². The van der Waals surface area contributed by atoms with Crippen molar-refractivity contribution < 1.29 is 32.6 Å². The molecule has 0 spiro atoms. The first-order valence-corrected chi connectivity index (χ1v) is 14.0. The Labute approximate surface area is 220 Å². The minimum Gasteiger partial charge on any atom is -0.476 e. The van der Waals surface area contributed by atoms with Crippen molar-refractivity contribution in [1.82, 2.24) is 24.6 Å². The van der Waals surface area contributed by atoms with Crippen molar-refractivity contribution in [3.05, 3.63) is 36.7 Å². The van der Waals surface area contributed by atoms with Gasteiger partial charge in [0.15, 0.2) is 11.2 Å². The maximum atomic E-state index is 13.7. The summed E-state index contributed by atoms with van der Waals surface area (Å²) >= 11 is 0. The Balaban J connectivity index is 1.45. The average molecular weight is 549 g/mol. The second kappa shape index (κ2) is 12.1. The fraction of sp³-hybridized carbons (Fsp3) is 0.500. The van der Waals surface area contributed by atoms with E-state index in [0.29, 0.717) is 42.2 Å². The van der Waals surface area contributed by atoms with Gasteiger partial charge in [-0.05, 0) is 52.7 Å². The molecule has 38 heavy (non-hydrogen) atoms. The lowest BCUT2D eigenvalue weighted by Crippen LogP contribution is -2.36. The van der Waals surface area contributed by atoms with Crippen molar-refractivity contribution in [2.75, 3.05) is 18.9 Å². The Hall–Kier alpha value is -3.25. The molecule has 4 rings (SSSR count). The molecule has 0 bridgehead atoms. The fourth-order valence-corrected chi connectivity index (χ4v) is 5.41. The number of carbonyl (C=O) groups excluding carboxylic acids is 1. The Bertz CT molecular complexity index is 1290. The molecule has 3 N–H and O–H groups in total. The SMILES string of the molecule is CCOc1nc(N)nc2c1ncn2[C@H]1CC[C@@H](COP(=O)(N[C@H](C)C(=O)OC(C)C)Oc2ccccc2)O1. The normalized spacial score (nSPS) is 19.8. The van der Waals surface area contributed by atoms with Crippen molar-refractivity contribution in [3.63, 3.8) is 0 Å². The number of imidazole rings is 1. The van der Waals surface area contributed by atoms with Gasteiger partial charge >= 0.3 is 13.7 Å². The van der Waals surface area contributed by atoms with Crippen molar-refractivity contribution >= 4 is 30.8 Å². The Morgan fingerprint density at radius 2 is 2.00 bits per heavy atom. The number of esters is 1. The molecule has 1 aromatic carbocycles. The van der Waals surface area contributed by atoms with Crippen LogP contribution in [0.5, 0.6) is 11.6 Å². The number of anilines is 1. The van der Waals surface area contributed by atoms with Gasteiger partial charge in [-0.1, -0.05) is 18.2 Å². The molecule has 13 nitrogen and oxygen atoms in total. The lowest BCUT2D eigenvalue weighted by atomic mass is 10.2. The van der Waals surface area contributed by atoms with E-state index in [1.54, 1.807) is 55.1 Å². The van der Waals surface area contributed by atoms with Crippen LogP contribution in [0.3, 0.4) is 0 Å². The van der Waals surface area contributed by atoms with Crippen molar-refractivity contribution in [1.29, 1.82) is 0 Å². The van der Waals surface area contributed by atoms with E-state index in [4.69, 9.17) is 29.0 Å². The van der Waals surface area contributed by atoms with E-state index in [1.807, 2.05) is 6.92 Å². The quantitative estimate of drug-likeness (QED) is 0.250. The number of benzene rings is 1. The van der Waals surface area contributed by atoms with E-state index in [2.05, 4.69) is 20.0 Å². The van der Waals surface area contributed by atoms with Gasteiger partial charge in [-0.25, -0.2) is 9.55 Å².